The molecule has 20 heavy (non-hydrogen) atoms. The summed E-state index contributed by atoms with van der Waals surface area (Å²) in [6, 6.07) is 6.58. The quantitative estimate of drug-likeness (QED) is 0.910. The van der Waals surface area contributed by atoms with E-state index in [1.54, 1.807) is 0 Å². The van der Waals surface area contributed by atoms with Crippen LogP contribution in [0.25, 0.3) is 0 Å². The molecule has 0 unspecified atom stereocenters. The second kappa shape index (κ2) is 5.66. The number of hydrogen-bond acceptors (Lipinski definition) is 3. The smallest absolute Gasteiger partial charge is 0.0808 e. The minimum Gasteiger partial charge on any atom is -0.366 e. The first-order valence-electron chi connectivity index (χ1n) is 7.11. The van der Waals surface area contributed by atoms with Crippen molar-refractivity contribution in [1.29, 1.82) is 0 Å². The minimum absolute atomic E-state index is 0.134. The van der Waals surface area contributed by atoms with E-state index in [9.17, 15) is 0 Å². The fraction of sp³-hybridized carbons (Fsp3) is 0.625. The fourth-order valence-electron chi connectivity index (χ4n) is 3.08. The van der Waals surface area contributed by atoms with Gasteiger partial charge in [0.2, 0.25) is 0 Å². The Morgan fingerprint density at radius 3 is 2.30 bits per heavy atom. The van der Waals surface area contributed by atoms with Crippen molar-refractivity contribution in [3.8, 4) is 0 Å². The maximum atomic E-state index is 6.15. The number of hydrogen-bond donors (Lipinski definition) is 1. The van der Waals surface area contributed by atoms with E-state index >= 15 is 0 Å². The van der Waals surface area contributed by atoms with Gasteiger partial charge < -0.3 is 15.0 Å². The van der Waals surface area contributed by atoms with Crippen molar-refractivity contribution >= 4 is 21.6 Å². The van der Waals surface area contributed by atoms with Crippen molar-refractivity contribution in [1.82, 2.24) is 5.32 Å². The Hall–Kier alpha value is -0.580. The van der Waals surface area contributed by atoms with Crippen molar-refractivity contribution in [2.24, 2.45) is 0 Å². The Kier molecular flexibility index (Phi) is 4.47. The molecular weight excluding hydrogens is 316 g/mol. The predicted octanol–water partition coefficient (Wildman–Crippen LogP) is 3.56. The van der Waals surface area contributed by atoms with E-state index in [0.717, 1.165) is 24.1 Å². The van der Waals surface area contributed by atoms with Gasteiger partial charge in [-0.2, -0.15) is 0 Å². The Morgan fingerprint density at radius 1 is 1.20 bits per heavy atom. The highest BCUT2D eigenvalue weighted by atomic mass is 79.9. The van der Waals surface area contributed by atoms with Crippen molar-refractivity contribution in [2.45, 2.75) is 45.4 Å². The number of anilines is 1. The van der Waals surface area contributed by atoms with Crippen molar-refractivity contribution in [3.63, 3.8) is 0 Å². The van der Waals surface area contributed by atoms with Gasteiger partial charge in [0.25, 0.3) is 0 Å². The second-order valence-corrected chi connectivity index (χ2v) is 7.65. The molecule has 0 amide bonds. The van der Waals surface area contributed by atoms with E-state index in [4.69, 9.17) is 4.74 Å². The molecule has 0 bridgehead atoms. The molecule has 3 nitrogen and oxygen atoms in total. The SMILES string of the molecule is CNCc1ccc(N2CC(C)(C)OC(C)(C)C2)c(Br)c1. The van der Waals surface area contributed by atoms with E-state index in [0.29, 0.717) is 0 Å². The maximum absolute atomic E-state index is 6.15. The number of benzene rings is 1. The molecule has 0 atom stereocenters. The largest absolute Gasteiger partial charge is 0.366 e. The maximum Gasteiger partial charge on any atom is 0.0808 e. The first kappa shape index (κ1) is 15.8. The lowest BCUT2D eigenvalue weighted by Crippen LogP contribution is -2.57. The van der Waals surface area contributed by atoms with Gasteiger partial charge in [-0.1, -0.05) is 6.07 Å². The first-order chi connectivity index (χ1) is 9.22. The van der Waals surface area contributed by atoms with Crippen LogP contribution in [-0.2, 0) is 11.3 Å². The molecule has 1 heterocycles. The lowest BCUT2D eigenvalue weighted by atomic mass is 9.98. The highest BCUT2D eigenvalue weighted by Crippen LogP contribution is 2.35. The standard InChI is InChI=1S/C16H25BrN2O/c1-15(2)10-19(11-16(3,4)20-15)14-7-6-12(9-18-5)8-13(14)17/h6-8,18H,9-11H2,1-5H3. The summed E-state index contributed by atoms with van der Waals surface area (Å²) in [5.41, 5.74) is 2.26. The molecular formula is C16H25BrN2O. The molecule has 0 radical (unpaired) electrons. The van der Waals surface area contributed by atoms with Gasteiger partial charge in [-0.05, 0) is 68.4 Å². The van der Waals surface area contributed by atoms with E-state index in [-0.39, 0.29) is 11.2 Å². The number of nitrogens with zero attached hydrogens (tertiary/aromatic N) is 1. The molecule has 0 saturated carbocycles. The highest BCUT2D eigenvalue weighted by molar-refractivity contribution is 9.10. The molecule has 1 aromatic rings. The number of rotatable bonds is 3. The molecule has 0 aliphatic carbocycles. The van der Waals surface area contributed by atoms with Gasteiger partial charge in [-0.15, -0.1) is 0 Å². The molecule has 1 N–H and O–H groups in total. The predicted molar refractivity (Wildman–Crippen MR) is 88.4 cm³/mol. The van der Waals surface area contributed by atoms with Gasteiger partial charge in [0, 0.05) is 24.1 Å². The third kappa shape index (κ3) is 3.74. The van der Waals surface area contributed by atoms with E-state index in [1.807, 2.05) is 7.05 Å². The summed E-state index contributed by atoms with van der Waals surface area (Å²) in [6.07, 6.45) is 0. The lowest BCUT2D eigenvalue weighted by molar-refractivity contribution is -0.133. The number of nitrogens with one attached hydrogen (secondary N) is 1. The van der Waals surface area contributed by atoms with Crippen LogP contribution in [0.1, 0.15) is 33.3 Å². The molecule has 0 aromatic heterocycles. The number of morpholine rings is 1. The second-order valence-electron chi connectivity index (χ2n) is 6.79. The zero-order valence-corrected chi connectivity index (χ0v) is 14.7. The summed E-state index contributed by atoms with van der Waals surface area (Å²) in [4.78, 5) is 2.41. The van der Waals surface area contributed by atoms with Gasteiger partial charge in [-0.3, -0.25) is 0 Å². The average Bonchev–Trinajstić information content (AvgIpc) is 2.25. The van der Waals surface area contributed by atoms with Crippen LogP contribution >= 0.6 is 15.9 Å². The van der Waals surface area contributed by atoms with Crippen molar-refractivity contribution in [2.75, 3.05) is 25.0 Å². The van der Waals surface area contributed by atoms with Crippen LogP contribution in [0.3, 0.4) is 0 Å². The van der Waals surface area contributed by atoms with E-state index < -0.39 is 0 Å². The Balaban J connectivity index is 2.26. The average molecular weight is 341 g/mol. The fourth-order valence-corrected chi connectivity index (χ4v) is 3.76. The van der Waals surface area contributed by atoms with Crippen LogP contribution in [0.5, 0.6) is 0 Å². The van der Waals surface area contributed by atoms with Gasteiger partial charge in [0.1, 0.15) is 0 Å². The van der Waals surface area contributed by atoms with E-state index in [2.05, 4.69) is 72.0 Å². The monoisotopic (exact) mass is 340 g/mol. The van der Waals surface area contributed by atoms with Crippen LogP contribution in [0.15, 0.2) is 22.7 Å². The molecule has 112 valence electrons. The summed E-state index contributed by atoms with van der Waals surface area (Å²) < 4.78 is 7.30. The molecule has 0 spiro atoms. The molecule has 1 aromatic carbocycles. The van der Waals surface area contributed by atoms with Crippen LogP contribution in [-0.4, -0.2) is 31.3 Å². The van der Waals surface area contributed by atoms with Gasteiger partial charge in [0.05, 0.1) is 16.9 Å². The normalized spacial score (nSPS) is 21.0. The Morgan fingerprint density at radius 2 is 1.80 bits per heavy atom. The summed E-state index contributed by atoms with van der Waals surface area (Å²) in [7, 11) is 1.97. The van der Waals surface area contributed by atoms with Crippen LogP contribution in [0.4, 0.5) is 5.69 Å². The zero-order valence-electron chi connectivity index (χ0n) is 13.1. The summed E-state index contributed by atoms with van der Waals surface area (Å²) in [6.45, 7) is 11.3. The molecule has 2 rings (SSSR count). The summed E-state index contributed by atoms with van der Waals surface area (Å²) in [5.74, 6) is 0. The van der Waals surface area contributed by atoms with Crippen molar-refractivity contribution < 1.29 is 4.74 Å². The minimum atomic E-state index is -0.134. The van der Waals surface area contributed by atoms with Crippen LogP contribution in [0, 0.1) is 0 Å². The van der Waals surface area contributed by atoms with Gasteiger partial charge in [0.15, 0.2) is 0 Å². The molecule has 1 aliphatic heterocycles. The third-order valence-corrected chi connectivity index (χ3v) is 4.06. The molecule has 1 fully saturated rings. The van der Waals surface area contributed by atoms with Gasteiger partial charge >= 0.3 is 0 Å². The lowest BCUT2D eigenvalue weighted by Gasteiger charge is -2.48. The molecule has 4 heteroatoms. The number of ether oxygens (including phenoxy) is 1. The van der Waals surface area contributed by atoms with Crippen molar-refractivity contribution in [3.05, 3.63) is 28.2 Å². The van der Waals surface area contributed by atoms with Gasteiger partial charge in [-0.25, -0.2) is 0 Å². The third-order valence-electron chi connectivity index (χ3n) is 3.43. The number of halogens is 1. The Bertz CT molecular complexity index is 469. The van der Waals surface area contributed by atoms with E-state index in [1.165, 1.54) is 11.3 Å². The first-order valence-corrected chi connectivity index (χ1v) is 7.90. The van der Waals surface area contributed by atoms with Crippen LogP contribution < -0.4 is 10.2 Å². The Labute approximate surface area is 130 Å². The summed E-state index contributed by atoms with van der Waals surface area (Å²) in [5, 5.41) is 3.18. The summed E-state index contributed by atoms with van der Waals surface area (Å²) >= 11 is 3.72. The topological polar surface area (TPSA) is 24.5 Å². The molecule has 1 saturated heterocycles. The highest BCUT2D eigenvalue weighted by Gasteiger charge is 2.38. The molecule has 1 aliphatic rings. The zero-order chi connectivity index (χ0) is 15.0. The van der Waals surface area contributed by atoms with Crippen LogP contribution in [0.2, 0.25) is 0 Å².